The lowest BCUT2D eigenvalue weighted by molar-refractivity contribution is 0.0994. The van der Waals surface area contributed by atoms with Gasteiger partial charge in [0.1, 0.15) is 5.75 Å². The van der Waals surface area contributed by atoms with Gasteiger partial charge >= 0.3 is 0 Å². The maximum Gasteiger partial charge on any atom is 0.163 e. The summed E-state index contributed by atoms with van der Waals surface area (Å²) in [6, 6.07) is 14.7. The van der Waals surface area contributed by atoms with Crippen LogP contribution in [0, 0.1) is 0 Å². The van der Waals surface area contributed by atoms with E-state index in [2.05, 4.69) is 43.3 Å². The first-order valence-electron chi connectivity index (χ1n) is 8.93. The Morgan fingerprint density at radius 2 is 1.88 bits per heavy atom. The molecule has 0 fully saturated rings. The van der Waals surface area contributed by atoms with Gasteiger partial charge in [0.05, 0.1) is 6.61 Å². The molecule has 24 heavy (non-hydrogen) atoms. The Morgan fingerprint density at radius 3 is 2.75 bits per heavy atom. The number of carbonyl (C=O) groups excluding carboxylic acids is 1. The number of fused-ring (bicyclic) bond motifs is 5. The van der Waals surface area contributed by atoms with E-state index >= 15 is 0 Å². The highest BCUT2D eigenvalue weighted by atomic mass is 16.5. The van der Waals surface area contributed by atoms with Gasteiger partial charge in [0.15, 0.2) is 5.78 Å². The highest BCUT2D eigenvalue weighted by molar-refractivity contribution is 6.15. The molecule has 1 aliphatic carbocycles. The van der Waals surface area contributed by atoms with Gasteiger partial charge < -0.3 is 4.74 Å². The minimum absolute atomic E-state index is 0.249. The van der Waals surface area contributed by atoms with Gasteiger partial charge in [-0.05, 0) is 40.6 Å². The number of unbranched alkanes of at least 4 members (excludes halogenated alkanes) is 2. The van der Waals surface area contributed by atoms with Crippen molar-refractivity contribution in [2.45, 2.75) is 39.0 Å². The van der Waals surface area contributed by atoms with Gasteiger partial charge in [-0.25, -0.2) is 0 Å². The fraction of sp³-hybridized carbons (Fsp3) is 0.318. The molecule has 0 atom stereocenters. The summed E-state index contributed by atoms with van der Waals surface area (Å²) in [5, 5.41) is 4.77. The second-order valence-corrected chi connectivity index (χ2v) is 6.59. The molecule has 0 saturated carbocycles. The molecule has 0 amide bonds. The summed E-state index contributed by atoms with van der Waals surface area (Å²) in [6.07, 6.45) is 4.86. The molecule has 3 aromatic carbocycles. The van der Waals surface area contributed by atoms with Crippen LogP contribution in [0.1, 0.15) is 48.5 Å². The molecule has 0 heterocycles. The van der Waals surface area contributed by atoms with E-state index in [9.17, 15) is 4.79 Å². The Balaban J connectivity index is 1.92. The van der Waals surface area contributed by atoms with Crippen molar-refractivity contribution in [3.8, 4) is 5.75 Å². The average molecular weight is 318 g/mol. The topological polar surface area (TPSA) is 26.3 Å². The van der Waals surface area contributed by atoms with Crippen LogP contribution < -0.4 is 4.74 Å². The third-order valence-corrected chi connectivity index (χ3v) is 5.01. The summed E-state index contributed by atoms with van der Waals surface area (Å²) in [5.74, 6) is 1.12. The Morgan fingerprint density at radius 1 is 1.00 bits per heavy atom. The minimum Gasteiger partial charge on any atom is -0.493 e. The number of rotatable bonds is 5. The van der Waals surface area contributed by atoms with Crippen molar-refractivity contribution < 1.29 is 9.53 Å². The molecule has 1 aliphatic rings. The molecule has 0 radical (unpaired) electrons. The number of hydrogen-bond acceptors (Lipinski definition) is 2. The average Bonchev–Trinajstić information content (AvgIpc) is 2.99. The monoisotopic (exact) mass is 318 g/mol. The largest absolute Gasteiger partial charge is 0.493 e. The van der Waals surface area contributed by atoms with Gasteiger partial charge in [-0.3, -0.25) is 4.79 Å². The van der Waals surface area contributed by atoms with Crippen LogP contribution in [0.3, 0.4) is 0 Å². The van der Waals surface area contributed by atoms with Crippen LogP contribution in [-0.2, 0) is 6.42 Å². The van der Waals surface area contributed by atoms with Crippen molar-refractivity contribution in [1.82, 2.24) is 0 Å². The van der Waals surface area contributed by atoms with Crippen molar-refractivity contribution in [3.05, 3.63) is 53.6 Å². The van der Waals surface area contributed by atoms with Crippen molar-refractivity contribution in [1.29, 1.82) is 0 Å². The molecule has 4 rings (SSSR count). The van der Waals surface area contributed by atoms with E-state index in [4.69, 9.17) is 4.74 Å². The smallest absolute Gasteiger partial charge is 0.163 e. The van der Waals surface area contributed by atoms with Gasteiger partial charge in [-0.2, -0.15) is 0 Å². The Bertz CT molecular complexity index is 924. The van der Waals surface area contributed by atoms with Crippen molar-refractivity contribution >= 4 is 27.3 Å². The zero-order valence-corrected chi connectivity index (χ0v) is 14.1. The first-order chi connectivity index (χ1) is 11.8. The van der Waals surface area contributed by atoms with Crippen LogP contribution in [0.25, 0.3) is 21.5 Å². The van der Waals surface area contributed by atoms with Crippen molar-refractivity contribution in [2.24, 2.45) is 0 Å². The number of benzene rings is 3. The number of aryl methyl sites for hydroxylation is 1. The van der Waals surface area contributed by atoms with Crippen LogP contribution in [0.5, 0.6) is 5.75 Å². The molecule has 0 saturated heterocycles. The highest BCUT2D eigenvalue weighted by Gasteiger charge is 2.24. The number of hydrogen-bond donors (Lipinski definition) is 0. The van der Waals surface area contributed by atoms with Gasteiger partial charge in [0, 0.05) is 17.4 Å². The normalized spacial score (nSPS) is 13.6. The van der Waals surface area contributed by atoms with Crippen molar-refractivity contribution in [3.63, 3.8) is 0 Å². The second kappa shape index (κ2) is 6.27. The lowest BCUT2D eigenvalue weighted by atomic mass is 9.95. The fourth-order valence-electron chi connectivity index (χ4n) is 3.76. The third kappa shape index (κ3) is 2.47. The van der Waals surface area contributed by atoms with Gasteiger partial charge in [-0.15, -0.1) is 0 Å². The van der Waals surface area contributed by atoms with E-state index in [0.717, 1.165) is 29.5 Å². The molecule has 0 bridgehead atoms. The molecule has 2 heteroatoms. The van der Waals surface area contributed by atoms with Crippen LogP contribution in [-0.4, -0.2) is 12.4 Å². The van der Waals surface area contributed by atoms with Crippen LogP contribution in [0.4, 0.5) is 0 Å². The summed E-state index contributed by atoms with van der Waals surface area (Å²) < 4.78 is 6.15. The minimum atomic E-state index is 0.249. The van der Waals surface area contributed by atoms with E-state index in [-0.39, 0.29) is 5.78 Å². The summed E-state index contributed by atoms with van der Waals surface area (Å²) in [7, 11) is 0. The molecule has 0 spiro atoms. The molecule has 3 aromatic rings. The first kappa shape index (κ1) is 15.2. The number of Topliss-reactive ketones (excluding diaryl/α,β-unsaturated/α-hetero) is 1. The Labute approximate surface area is 142 Å². The highest BCUT2D eigenvalue weighted by Crippen LogP contribution is 2.40. The van der Waals surface area contributed by atoms with E-state index in [1.165, 1.54) is 34.6 Å². The first-order valence-corrected chi connectivity index (χ1v) is 8.93. The maximum absolute atomic E-state index is 12.2. The Hall–Kier alpha value is -2.35. The van der Waals surface area contributed by atoms with E-state index in [1.54, 1.807) is 0 Å². The molecular formula is C22H22O2. The Kier molecular flexibility index (Phi) is 3.97. The molecule has 2 nitrogen and oxygen atoms in total. The van der Waals surface area contributed by atoms with Gasteiger partial charge in [0.2, 0.25) is 0 Å². The number of carbonyl (C=O) groups is 1. The summed E-state index contributed by atoms with van der Waals surface area (Å²) in [6.45, 7) is 2.90. The predicted molar refractivity (Wildman–Crippen MR) is 99.1 cm³/mol. The van der Waals surface area contributed by atoms with Gasteiger partial charge in [0.25, 0.3) is 0 Å². The molecule has 0 N–H and O–H groups in total. The zero-order chi connectivity index (χ0) is 16.5. The molecular weight excluding hydrogens is 296 g/mol. The lowest BCUT2D eigenvalue weighted by Gasteiger charge is -2.15. The fourth-order valence-corrected chi connectivity index (χ4v) is 3.76. The van der Waals surface area contributed by atoms with Gasteiger partial charge in [-0.1, -0.05) is 56.2 Å². The predicted octanol–water partition coefficient (Wildman–Crippen LogP) is 5.69. The number of ether oxygens (including phenoxy) is 1. The third-order valence-electron chi connectivity index (χ3n) is 5.01. The SMILES string of the molecule is CCCCCOc1cc2c(c3ccc4ccccc4c13)CCC2=O. The maximum atomic E-state index is 12.2. The molecule has 122 valence electrons. The quantitative estimate of drug-likeness (QED) is 0.446. The van der Waals surface area contributed by atoms with E-state index in [1.807, 2.05) is 6.07 Å². The number of ketones is 1. The molecule has 0 aromatic heterocycles. The zero-order valence-electron chi connectivity index (χ0n) is 14.1. The lowest BCUT2D eigenvalue weighted by Crippen LogP contribution is -2.01. The van der Waals surface area contributed by atoms with Crippen LogP contribution in [0.2, 0.25) is 0 Å². The summed E-state index contributed by atoms with van der Waals surface area (Å²) in [4.78, 5) is 12.2. The van der Waals surface area contributed by atoms with E-state index < -0.39 is 0 Å². The van der Waals surface area contributed by atoms with Crippen LogP contribution in [0.15, 0.2) is 42.5 Å². The molecule has 0 unspecified atom stereocenters. The van der Waals surface area contributed by atoms with Crippen molar-refractivity contribution in [2.75, 3.05) is 6.61 Å². The molecule has 0 aliphatic heterocycles. The van der Waals surface area contributed by atoms with E-state index in [0.29, 0.717) is 13.0 Å². The summed E-state index contributed by atoms with van der Waals surface area (Å²) in [5.41, 5.74) is 2.06. The standard InChI is InChI=1S/C22H22O2/c1-2-3-6-13-24-21-14-19-17(11-12-20(19)23)18-10-9-15-7-4-5-8-16(15)22(18)21/h4-5,7-10,14H,2-3,6,11-13H2,1H3. The second-order valence-electron chi connectivity index (χ2n) is 6.59. The van der Waals surface area contributed by atoms with Crippen LogP contribution >= 0.6 is 0 Å². The summed E-state index contributed by atoms with van der Waals surface area (Å²) >= 11 is 0.